The van der Waals surface area contributed by atoms with E-state index in [1.54, 1.807) is 12.3 Å². The lowest BCUT2D eigenvalue weighted by molar-refractivity contribution is 0.995. The van der Waals surface area contributed by atoms with Crippen molar-refractivity contribution >= 4 is 22.8 Å². The van der Waals surface area contributed by atoms with Gasteiger partial charge in [0.15, 0.2) is 0 Å². The van der Waals surface area contributed by atoms with E-state index in [1.165, 1.54) is 39.5 Å². The van der Waals surface area contributed by atoms with Crippen molar-refractivity contribution in [2.45, 2.75) is 33.6 Å². The molecule has 0 unspecified atom stereocenters. The van der Waals surface area contributed by atoms with Crippen molar-refractivity contribution in [1.82, 2.24) is 4.98 Å². The molecule has 0 aliphatic carbocycles. The Kier molecular flexibility index (Phi) is 5.47. The van der Waals surface area contributed by atoms with E-state index in [0.717, 1.165) is 24.0 Å². The molecule has 0 amide bonds. The van der Waals surface area contributed by atoms with Crippen LogP contribution < -0.4 is 5.32 Å². The predicted octanol–water partition coefficient (Wildman–Crippen LogP) is 5.58. The minimum absolute atomic E-state index is 0.885. The second-order valence-corrected chi connectivity index (χ2v) is 6.65. The van der Waals surface area contributed by atoms with Gasteiger partial charge in [-0.25, -0.2) is 0 Å². The van der Waals surface area contributed by atoms with Crippen LogP contribution in [-0.2, 0) is 12.8 Å². The highest BCUT2D eigenvalue weighted by atomic mass is 14.8. The van der Waals surface area contributed by atoms with Gasteiger partial charge >= 0.3 is 0 Å². The maximum Gasteiger partial charge on any atom is 0.0734 e. The molecular formula is C23H25N3. The number of pyridine rings is 1. The maximum atomic E-state index is 6.99. The molecule has 0 aliphatic rings. The lowest BCUT2D eigenvalue weighted by Gasteiger charge is -2.12. The first-order valence-electron chi connectivity index (χ1n) is 9.01. The number of hydrogen-bond donors (Lipinski definition) is 2. The summed E-state index contributed by atoms with van der Waals surface area (Å²) in [5.41, 5.74) is 8.41. The van der Waals surface area contributed by atoms with E-state index in [-0.39, 0.29) is 0 Å². The van der Waals surface area contributed by atoms with E-state index in [1.807, 2.05) is 0 Å². The molecule has 3 aromatic rings. The molecule has 3 rings (SSSR count). The number of fused-ring (bicyclic) bond motifs is 1. The molecule has 1 heterocycles. The minimum atomic E-state index is 0.885. The second-order valence-electron chi connectivity index (χ2n) is 6.65. The van der Waals surface area contributed by atoms with E-state index < -0.39 is 0 Å². The SMILES string of the molecule is CCc1nc2c(C)cc(C)cc2cc1Cc1ccc(N/C=C\C=N)cc1. The van der Waals surface area contributed by atoms with Crippen molar-refractivity contribution in [3.8, 4) is 0 Å². The molecule has 0 spiro atoms. The first-order valence-corrected chi connectivity index (χ1v) is 9.01. The number of anilines is 1. The van der Waals surface area contributed by atoms with E-state index in [0.29, 0.717) is 0 Å². The zero-order valence-electron chi connectivity index (χ0n) is 15.6. The molecule has 0 atom stereocenters. The molecule has 0 fully saturated rings. The Morgan fingerprint density at radius 1 is 1.08 bits per heavy atom. The Bertz CT molecular complexity index is 953. The van der Waals surface area contributed by atoms with Crippen LogP contribution in [0.15, 0.2) is 54.7 Å². The van der Waals surface area contributed by atoms with Crippen molar-refractivity contribution in [3.63, 3.8) is 0 Å². The fourth-order valence-electron chi connectivity index (χ4n) is 3.32. The van der Waals surface area contributed by atoms with E-state index in [2.05, 4.69) is 68.6 Å². The average molecular weight is 343 g/mol. The largest absolute Gasteiger partial charge is 0.362 e. The predicted molar refractivity (Wildman–Crippen MR) is 111 cm³/mol. The Balaban J connectivity index is 1.90. The quantitative estimate of drug-likeness (QED) is 0.574. The van der Waals surface area contributed by atoms with Gasteiger partial charge < -0.3 is 10.7 Å². The van der Waals surface area contributed by atoms with E-state index >= 15 is 0 Å². The molecule has 0 saturated carbocycles. The summed E-state index contributed by atoms with van der Waals surface area (Å²) >= 11 is 0. The van der Waals surface area contributed by atoms with Gasteiger partial charge in [0.25, 0.3) is 0 Å². The first kappa shape index (κ1) is 17.9. The number of benzene rings is 2. The van der Waals surface area contributed by atoms with E-state index in [9.17, 15) is 0 Å². The highest BCUT2D eigenvalue weighted by molar-refractivity contribution is 5.83. The standard InChI is InChI=1S/C23H25N3/c1-4-22-19(15-20-13-16(2)12-17(3)23(20)26-22)14-18-6-8-21(9-7-18)25-11-5-10-24/h5-13,15,24-25H,4,14H2,1-3H3/b11-5-,24-10?. The van der Waals surface area contributed by atoms with E-state index in [4.69, 9.17) is 10.4 Å². The number of nitrogens with zero attached hydrogens (tertiary/aromatic N) is 1. The molecule has 26 heavy (non-hydrogen) atoms. The highest BCUT2D eigenvalue weighted by Gasteiger charge is 2.09. The average Bonchev–Trinajstić information content (AvgIpc) is 2.63. The normalized spacial score (nSPS) is 11.2. The number of allylic oxidation sites excluding steroid dienone is 1. The van der Waals surface area contributed by atoms with Crippen LogP contribution in [-0.4, -0.2) is 11.2 Å². The van der Waals surface area contributed by atoms with Crippen LogP contribution >= 0.6 is 0 Å². The summed E-state index contributed by atoms with van der Waals surface area (Å²) in [5.74, 6) is 0. The van der Waals surface area contributed by atoms with Crippen molar-refractivity contribution in [2.24, 2.45) is 0 Å². The number of rotatable bonds is 6. The zero-order valence-corrected chi connectivity index (χ0v) is 15.6. The Labute approximate surface area is 155 Å². The molecule has 0 bridgehead atoms. The fourth-order valence-corrected chi connectivity index (χ4v) is 3.32. The van der Waals surface area contributed by atoms with Crippen LogP contribution in [0.4, 0.5) is 5.69 Å². The summed E-state index contributed by atoms with van der Waals surface area (Å²) in [6.07, 6.45) is 6.49. The zero-order chi connectivity index (χ0) is 18.5. The number of aromatic nitrogens is 1. The van der Waals surface area contributed by atoms with Crippen LogP contribution in [0.5, 0.6) is 0 Å². The minimum Gasteiger partial charge on any atom is -0.362 e. The van der Waals surface area contributed by atoms with Gasteiger partial charge in [-0.2, -0.15) is 0 Å². The monoisotopic (exact) mass is 343 g/mol. The molecule has 0 aliphatic heterocycles. The summed E-state index contributed by atoms with van der Waals surface area (Å²) in [4.78, 5) is 4.96. The fraction of sp³-hybridized carbons (Fsp3) is 0.217. The third kappa shape index (κ3) is 3.99. The van der Waals surface area contributed by atoms with Crippen molar-refractivity contribution in [1.29, 1.82) is 5.41 Å². The van der Waals surface area contributed by atoms with Gasteiger partial charge in [0.1, 0.15) is 0 Å². The molecule has 2 aromatic carbocycles. The van der Waals surface area contributed by atoms with Gasteiger partial charge in [-0.15, -0.1) is 0 Å². The van der Waals surface area contributed by atoms with Crippen LogP contribution in [0.3, 0.4) is 0 Å². The van der Waals surface area contributed by atoms with Gasteiger partial charge in [-0.05, 0) is 73.7 Å². The van der Waals surface area contributed by atoms with Gasteiger partial charge in [-0.3, -0.25) is 4.98 Å². The number of aryl methyl sites for hydroxylation is 3. The number of nitrogens with one attached hydrogen (secondary N) is 2. The molecule has 2 N–H and O–H groups in total. The summed E-state index contributed by atoms with van der Waals surface area (Å²) in [7, 11) is 0. The van der Waals surface area contributed by atoms with Crippen molar-refractivity contribution in [2.75, 3.05) is 5.32 Å². The first-order chi connectivity index (χ1) is 12.6. The molecule has 3 nitrogen and oxygen atoms in total. The van der Waals surface area contributed by atoms with Crippen LogP contribution in [0, 0.1) is 19.3 Å². The van der Waals surface area contributed by atoms with Crippen molar-refractivity contribution in [3.05, 3.63) is 82.7 Å². The Morgan fingerprint density at radius 2 is 1.85 bits per heavy atom. The molecular weight excluding hydrogens is 318 g/mol. The third-order valence-corrected chi connectivity index (χ3v) is 4.55. The maximum absolute atomic E-state index is 6.99. The summed E-state index contributed by atoms with van der Waals surface area (Å²) < 4.78 is 0. The van der Waals surface area contributed by atoms with Crippen molar-refractivity contribution < 1.29 is 0 Å². The van der Waals surface area contributed by atoms with Crippen LogP contribution in [0.25, 0.3) is 10.9 Å². The highest BCUT2D eigenvalue weighted by Crippen LogP contribution is 2.24. The lowest BCUT2D eigenvalue weighted by Crippen LogP contribution is -2.00. The number of hydrogen-bond acceptors (Lipinski definition) is 3. The summed E-state index contributed by atoms with van der Waals surface area (Å²) in [6.45, 7) is 6.45. The lowest BCUT2D eigenvalue weighted by atomic mass is 9.98. The smallest absolute Gasteiger partial charge is 0.0734 e. The third-order valence-electron chi connectivity index (χ3n) is 4.55. The van der Waals surface area contributed by atoms with Gasteiger partial charge in [0.05, 0.1) is 5.52 Å². The van der Waals surface area contributed by atoms with Gasteiger partial charge in [0, 0.05) is 29.2 Å². The molecule has 132 valence electrons. The topological polar surface area (TPSA) is 48.8 Å². The van der Waals surface area contributed by atoms with Gasteiger partial charge in [0.2, 0.25) is 0 Å². The molecule has 0 saturated heterocycles. The summed E-state index contributed by atoms with van der Waals surface area (Å²) in [5, 5.41) is 11.4. The van der Waals surface area contributed by atoms with Crippen LogP contribution in [0.2, 0.25) is 0 Å². The molecule has 3 heteroatoms. The Morgan fingerprint density at radius 3 is 2.54 bits per heavy atom. The van der Waals surface area contributed by atoms with Crippen LogP contribution in [0.1, 0.15) is 34.9 Å². The Hall–Kier alpha value is -2.94. The molecule has 0 radical (unpaired) electrons. The summed E-state index contributed by atoms with van der Waals surface area (Å²) in [6, 6.07) is 15.2. The molecule has 1 aromatic heterocycles. The second kappa shape index (κ2) is 7.96. The van der Waals surface area contributed by atoms with Gasteiger partial charge in [-0.1, -0.05) is 30.7 Å².